The van der Waals surface area contributed by atoms with Crippen LogP contribution in [0.25, 0.3) is 10.9 Å². The minimum atomic E-state index is 0.0164. The van der Waals surface area contributed by atoms with E-state index < -0.39 is 0 Å². The highest BCUT2D eigenvalue weighted by Gasteiger charge is 2.29. The van der Waals surface area contributed by atoms with Crippen LogP contribution >= 0.6 is 11.8 Å². The van der Waals surface area contributed by atoms with E-state index in [2.05, 4.69) is 50.4 Å². The van der Waals surface area contributed by atoms with Gasteiger partial charge in [0, 0.05) is 16.3 Å². The molecular weight excluding hydrogens is 388 g/mol. The number of aryl methyl sites for hydroxylation is 1. The number of fused-ring (bicyclic) bond motifs is 1. The first kappa shape index (κ1) is 20.9. The van der Waals surface area contributed by atoms with Crippen LogP contribution in [0.1, 0.15) is 56.0 Å². The smallest absolute Gasteiger partial charge is 0.252 e. The first-order chi connectivity index (χ1) is 14.5. The molecule has 1 amide bonds. The van der Waals surface area contributed by atoms with Gasteiger partial charge in [-0.15, -0.1) is 0 Å². The first-order valence-corrected chi connectivity index (χ1v) is 11.8. The lowest BCUT2D eigenvalue weighted by Gasteiger charge is -2.34. The zero-order valence-electron chi connectivity index (χ0n) is 18.0. The van der Waals surface area contributed by atoms with Gasteiger partial charge >= 0.3 is 0 Å². The van der Waals surface area contributed by atoms with Crippen LogP contribution < -0.4 is 5.32 Å². The Hall–Kier alpha value is -2.33. The molecule has 4 rings (SSSR count). The average Bonchev–Trinajstić information content (AvgIpc) is 2.77. The van der Waals surface area contributed by atoms with E-state index in [9.17, 15) is 4.79 Å². The van der Waals surface area contributed by atoms with Crippen molar-refractivity contribution in [2.75, 3.05) is 0 Å². The van der Waals surface area contributed by atoms with Gasteiger partial charge in [-0.3, -0.25) is 4.79 Å². The Bertz CT molecular complexity index is 1030. The third kappa shape index (κ3) is 4.54. The van der Waals surface area contributed by atoms with E-state index in [0.29, 0.717) is 11.8 Å². The van der Waals surface area contributed by atoms with Crippen molar-refractivity contribution in [3.63, 3.8) is 0 Å². The number of nitrogens with one attached hydrogen (secondary N) is 1. The minimum absolute atomic E-state index is 0.0164. The second kappa shape index (κ2) is 9.22. The summed E-state index contributed by atoms with van der Waals surface area (Å²) in [6.07, 6.45) is 4.53. The summed E-state index contributed by atoms with van der Waals surface area (Å²) in [5, 5.41) is 5.11. The first-order valence-electron chi connectivity index (χ1n) is 11.0. The van der Waals surface area contributed by atoms with E-state index in [1.165, 1.54) is 18.4 Å². The number of nitrogens with zero attached hydrogens (tertiary/aromatic N) is 1. The minimum Gasteiger partial charge on any atom is -0.349 e. The van der Waals surface area contributed by atoms with Crippen LogP contribution in [0, 0.1) is 11.8 Å². The zero-order chi connectivity index (χ0) is 21.1. The molecule has 0 unspecified atom stereocenters. The van der Waals surface area contributed by atoms with E-state index in [1.54, 1.807) is 11.8 Å². The molecule has 0 saturated heterocycles. The zero-order valence-corrected chi connectivity index (χ0v) is 18.8. The summed E-state index contributed by atoms with van der Waals surface area (Å²) in [6.45, 7) is 6.72. The third-order valence-electron chi connectivity index (χ3n) is 6.51. The van der Waals surface area contributed by atoms with Gasteiger partial charge in [0.2, 0.25) is 0 Å². The molecule has 4 heteroatoms. The number of hydrogen-bond donors (Lipinski definition) is 1. The van der Waals surface area contributed by atoms with Crippen molar-refractivity contribution in [3.8, 4) is 0 Å². The van der Waals surface area contributed by atoms with Crippen molar-refractivity contribution in [2.24, 2.45) is 11.8 Å². The summed E-state index contributed by atoms with van der Waals surface area (Å²) in [5.41, 5.74) is 2.91. The van der Waals surface area contributed by atoms with Crippen molar-refractivity contribution in [1.82, 2.24) is 10.3 Å². The van der Waals surface area contributed by atoms with Gasteiger partial charge in [0.1, 0.15) is 5.03 Å². The highest BCUT2D eigenvalue weighted by atomic mass is 32.2. The average molecular weight is 419 g/mol. The maximum atomic E-state index is 13.3. The summed E-state index contributed by atoms with van der Waals surface area (Å²) < 4.78 is 0. The van der Waals surface area contributed by atoms with Crippen molar-refractivity contribution in [3.05, 3.63) is 65.7 Å². The number of aromatic nitrogens is 1. The molecule has 1 aromatic heterocycles. The molecule has 3 aromatic rings. The van der Waals surface area contributed by atoms with E-state index in [-0.39, 0.29) is 11.9 Å². The third-order valence-corrected chi connectivity index (χ3v) is 7.44. The largest absolute Gasteiger partial charge is 0.349 e. The Labute approximate surface area is 183 Å². The fourth-order valence-electron chi connectivity index (χ4n) is 4.34. The van der Waals surface area contributed by atoms with Crippen LogP contribution in [-0.4, -0.2) is 16.9 Å². The molecular formula is C26H30N2OS. The van der Waals surface area contributed by atoms with Gasteiger partial charge in [-0.2, -0.15) is 0 Å². The van der Waals surface area contributed by atoms with Gasteiger partial charge in [0.15, 0.2) is 0 Å². The predicted molar refractivity (Wildman–Crippen MR) is 125 cm³/mol. The van der Waals surface area contributed by atoms with Crippen LogP contribution in [0.15, 0.2) is 64.5 Å². The number of hydrogen-bond acceptors (Lipinski definition) is 3. The van der Waals surface area contributed by atoms with Crippen molar-refractivity contribution in [1.29, 1.82) is 0 Å². The number of para-hydroxylation sites is 1. The van der Waals surface area contributed by atoms with E-state index in [0.717, 1.165) is 39.2 Å². The van der Waals surface area contributed by atoms with E-state index in [1.807, 2.05) is 30.3 Å². The maximum absolute atomic E-state index is 13.3. The highest BCUT2D eigenvalue weighted by molar-refractivity contribution is 7.99. The molecule has 3 atom stereocenters. The highest BCUT2D eigenvalue weighted by Crippen LogP contribution is 2.32. The Kier molecular flexibility index (Phi) is 6.43. The van der Waals surface area contributed by atoms with Gasteiger partial charge in [-0.25, -0.2) is 4.98 Å². The molecule has 0 spiro atoms. The number of carbonyl (C=O) groups excluding carboxylic acids is 1. The van der Waals surface area contributed by atoms with E-state index in [4.69, 9.17) is 4.98 Å². The molecule has 0 bridgehead atoms. The van der Waals surface area contributed by atoms with Crippen LogP contribution in [0.4, 0.5) is 0 Å². The van der Waals surface area contributed by atoms with Crippen molar-refractivity contribution in [2.45, 2.75) is 62.4 Å². The molecule has 1 aliphatic rings. The fourth-order valence-corrected chi connectivity index (χ4v) is 5.17. The quantitative estimate of drug-likeness (QED) is 0.514. The monoisotopic (exact) mass is 418 g/mol. The molecule has 0 aliphatic heterocycles. The lowest BCUT2D eigenvalue weighted by molar-refractivity contribution is 0.0892. The van der Waals surface area contributed by atoms with Gasteiger partial charge < -0.3 is 5.32 Å². The summed E-state index contributed by atoms with van der Waals surface area (Å²) >= 11 is 1.61. The maximum Gasteiger partial charge on any atom is 0.252 e. The molecule has 1 saturated carbocycles. The topological polar surface area (TPSA) is 42.0 Å². The Morgan fingerprint density at radius 1 is 1.10 bits per heavy atom. The second-order valence-electron chi connectivity index (χ2n) is 8.47. The van der Waals surface area contributed by atoms with Crippen LogP contribution in [-0.2, 0) is 6.42 Å². The number of benzene rings is 2. The molecule has 0 radical (unpaired) electrons. The van der Waals surface area contributed by atoms with Gasteiger partial charge in [-0.05, 0) is 54.5 Å². The molecule has 2 aromatic carbocycles. The van der Waals surface area contributed by atoms with E-state index >= 15 is 0 Å². The predicted octanol–water partition coefficient (Wildman–Crippen LogP) is 6.50. The molecule has 1 heterocycles. The molecule has 1 aliphatic carbocycles. The molecule has 3 nitrogen and oxygen atoms in total. The fraction of sp³-hybridized carbons (Fsp3) is 0.385. The van der Waals surface area contributed by atoms with Gasteiger partial charge in [0.05, 0.1) is 11.1 Å². The van der Waals surface area contributed by atoms with Crippen LogP contribution in [0.2, 0.25) is 0 Å². The molecule has 1 N–H and O–H groups in total. The SMILES string of the molecule is CCc1ccc(Sc2cc(C(=O)N[C@@H]3CCC[C@H](C)[C@@H]3C)c3ccccc3n2)cc1. The Morgan fingerprint density at radius 2 is 1.87 bits per heavy atom. The summed E-state index contributed by atoms with van der Waals surface area (Å²) in [5.74, 6) is 1.17. The lowest BCUT2D eigenvalue weighted by atomic mass is 9.78. The van der Waals surface area contributed by atoms with Crippen molar-refractivity contribution >= 4 is 28.6 Å². The second-order valence-corrected chi connectivity index (χ2v) is 9.57. The lowest BCUT2D eigenvalue weighted by Crippen LogP contribution is -2.43. The normalized spacial score (nSPS) is 21.5. The van der Waals surface area contributed by atoms with Crippen molar-refractivity contribution < 1.29 is 4.79 Å². The van der Waals surface area contributed by atoms with Gasteiger partial charge in [-0.1, -0.05) is 75.7 Å². The summed E-state index contributed by atoms with van der Waals surface area (Å²) in [7, 11) is 0. The number of carbonyl (C=O) groups is 1. The summed E-state index contributed by atoms with van der Waals surface area (Å²) in [6, 6.07) is 18.7. The molecule has 156 valence electrons. The van der Waals surface area contributed by atoms with Crippen LogP contribution in [0.3, 0.4) is 0 Å². The number of rotatable bonds is 5. The molecule has 1 fully saturated rings. The standard InChI is InChI=1S/C26H30N2OS/c1-4-19-12-14-20(15-13-19)30-25-16-22(21-9-5-6-10-24(21)27-25)26(29)28-23-11-7-8-17(2)18(23)3/h5-6,9-10,12-18,23H,4,7-8,11H2,1-3H3,(H,28,29)/t17-,18-,23+/m0/s1. The summed E-state index contributed by atoms with van der Waals surface area (Å²) in [4.78, 5) is 19.3. The van der Waals surface area contributed by atoms with Crippen LogP contribution in [0.5, 0.6) is 0 Å². The number of pyridine rings is 1. The Morgan fingerprint density at radius 3 is 2.63 bits per heavy atom. The molecule has 30 heavy (non-hydrogen) atoms. The Balaban J connectivity index is 1.63. The van der Waals surface area contributed by atoms with Gasteiger partial charge in [0.25, 0.3) is 5.91 Å². The number of amides is 1.